The second kappa shape index (κ2) is 7.93. The molecular weight excluding hydrogens is 388 g/mol. The van der Waals surface area contributed by atoms with Crippen LogP contribution in [0.3, 0.4) is 0 Å². The molecule has 0 bridgehead atoms. The van der Waals surface area contributed by atoms with E-state index in [2.05, 4.69) is 54.5 Å². The first-order valence-electron chi connectivity index (χ1n) is 9.22. The lowest BCUT2D eigenvalue weighted by atomic mass is 10.1. The lowest BCUT2D eigenvalue weighted by molar-refractivity contribution is -0.116. The topological polar surface area (TPSA) is 58.1 Å². The summed E-state index contributed by atoms with van der Waals surface area (Å²) in [6, 6.07) is 14.6. The van der Waals surface area contributed by atoms with Gasteiger partial charge in [0.15, 0.2) is 4.34 Å². The fourth-order valence-electron chi connectivity index (χ4n) is 3.40. The van der Waals surface area contributed by atoms with Crippen LogP contribution in [0.5, 0.6) is 0 Å². The fraction of sp³-hybridized carbons (Fsp3) is 0.286. The average Bonchev–Trinajstić information content (AvgIpc) is 3.26. The third kappa shape index (κ3) is 3.91. The number of hydrogen-bond acceptors (Lipinski definition) is 6. The smallest absolute Gasteiger partial charge is 0.237 e. The molecule has 0 radical (unpaired) electrons. The highest BCUT2D eigenvalue weighted by molar-refractivity contribution is 8.01. The maximum atomic E-state index is 12.8. The zero-order valence-electron chi connectivity index (χ0n) is 16.1. The normalized spacial score (nSPS) is 15.5. The summed E-state index contributed by atoms with van der Waals surface area (Å²) in [5.74, 6) is 0.470. The second-order valence-electron chi connectivity index (χ2n) is 7.03. The molecule has 1 aromatic heterocycles. The summed E-state index contributed by atoms with van der Waals surface area (Å²) in [6.45, 7) is 6.28. The summed E-state index contributed by atoms with van der Waals surface area (Å²) in [6.07, 6.45) is 0.912. The first-order chi connectivity index (χ1) is 13.5. The number of nitrogens with zero attached hydrogens (tertiary/aromatic N) is 3. The molecule has 3 aromatic rings. The van der Waals surface area contributed by atoms with Crippen LogP contribution >= 0.6 is 23.1 Å². The Labute approximate surface area is 173 Å². The lowest BCUT2D eigenvalue weighted by Crippen LogP contribution is -2.36. The molecule has 1 aliphatic rings. The number of benzene rings is 2. The maximum absolute atomic E-state index is 12.8. The predicted molar refractivity (Wildman–Crippen MR) is 117 cm³/mol. The van der Waals surface area contributed by atoms with Crippen LogP contribution in [0.2, 0.25) is 0 Å². The molecule has 5 nitrogen and oxygen atoms in total. The summed E-state index contributed by atoms with van der Waals surface area (Å²) in [4.78, 5) is 14.7. The van der Waals surface area contributed by atoms with Gasteiger partial charge in [0.25, 0.3) is 0 Å². The van der Waals surface area contributed by atoms with E-state index >= 15 is 0 Å². The molecule has 28 heavy (non-hydrogen) atoms. The Bertz CT molecular complexity index is 1020. The summed E-state index contributed by atoms with van der Waals surface area (Å²) < 4.78 is 0.791. The van der Waals surface area contributed by atoms with E-state index in [0.29, 0.717) is 5.75 Å². The van der Waals surface area contributed by atoms with Crippen LogP contribution in [0.4, 0.5) is 16.5 Å². The molecular formula is C21H22N4OS2. The summed E-state index contributed by atoms with van der Waals surface area (Å²) in [5.41, 5.74) is 5.76. The molecule has 144 valence electrons. The zero-order chi connectivity index (χ0) is 19.7. The molecule has 4 rings (SSSR count). The highest BCUT2D eigenvalue weighted by Crippen LogP contribution is 2.34. The summed E-state index contributed by atoms with van der Waals surface area (Å²) in [7, 11) is 0. The van der Waals surface area contributed by atoms with Gasteiger partial charge in [-0.25, -0.2) is 0 Å². The SMILES string of the molecule is Cc1ccc(Nc2nnc(SCC(=O)N3c4ccccc4CC3C)s2)cc1C. The second-order valence-corrected chi connectivity index (χ2v) is 9.23. The molecule has 1 amide bonds. The lowest BCUT2D eigenvalue weighted by Gasteiger charge is -2.22. The number of nitrogens with one attached hydrogen (secondary N) is 1. The van der Waals surface area contributed by atoms with Crippen molar-refractivity contribution in [3.8, 4) is 0 Å². The number of anilines is 3. The molecule has 2 heterocycles. The number of hydrogen-bond donors (Lipinski definition) is 1. The largest absolute Gasteiger partial charge is 0.330 e. The van der Waals surface area contributed by atoms with Crippen LogP contribution < -0.4 is 10.2 Å². The molecule has 0 fully saturated rings. The Morgan fingerprint density at radius 2 is 2.04 bits per heavy atom. The van der Waals surface area contributed by atoms with E-state index in [1.807, 2.05) is 29.2 Å². The van der Waals surface area contributed by atoms with Crippen molar-refractivity contribution in [3.05, 3.63) is 59.2 Å². The molecule has 7 heteroatoms. The van der Waals surface area contributed by atoms with Crippen molar-refractivity contribution in [3.63, 3.8) is 0 Å². The third-order valence-electron chi connectivity index (χ3n) is 4.96. The van der Waals surface area contributed by atoms with Crippen LogP contribution in [0, 0.1) is 13.8 Å². The van der Waals surface area contributed by atoms with Crippen molar-refractivity contribution < 1.29 is 4.79 Å². The monoisotopic (exact) mass is 410 g/mol. The van der Waals surface area contributed by atoms with E-state index in [4.69, 9.17) is 0 Å². The van der Waals surface area contributed by atoms with Gasteiger partial charge in [-0.1, -0.05) is 47.4 Å². The van der Waals surface area contributed by atoms with Gasteiger partial charge in [0.2, 0.25) is 11.0 Å². The van der Waals surface area contributed by atoms with Gasteiger partial charge < -0.3 is 10.2 Å². The number of aromatic nitrogens is 2. The number of carbonyl (C=O) groups is 1. The average molecular weight is 411 g/mol. The molecule has 0 saturated heterocycles. The highest BCUT2D eigenvalue weighted by atomic mass is 32.2. The van der Waals surface area contributed by atoms with Gasteiger partial charge in [0.05, 0.1) is 5.75 Å². The fourth-order valence-corrected chi connectivity index (χ4v) is 5.03. The maximum Gasteiger partial charge on any atom is 0.237 e. The molecule has 1 aliphatic heterocycles. The van der Waals surface area contributed by atoms with Crippen LogP contribution in [-0.4, -0.2) is 27.9 Å². The first-order valence-corrected chi connectivity index (χ1v) is 11.0. The van der Waals surface area contributed by atoms with Gasteiger partial charge in [0.1, 0.15) is 0 Å². The highest BCUT2D eigenvalue weighted by Gasteiger charge is 2.30. The zero-order valence-corrected chi connectivity index (χ0v) is 17.7. The number of fused-ring (bicyclic) bond motifs is 1. The molecule has 1 unspecified atom stereocenters. The molecule has 2 aromatic carbocycles. The summed E-state index contributed by atoms with van der Waals surface area (Å²) >= 11 is 2.91. The van der Waals surface area contributed by atoms with Crippen LogP contribution in [0.1, 0.15) is 23.6 Å². The van der Waals surface area contributed by atoms with Crippen molar-refractivity contribution in [2.24, 2.45) is 0 Å². The first kappa shape index (κ1) is 19.0. The van der Waals surface area contributed by atoms with Gasteiger partial charge in [-0.05, 0) is 62.1 Å². The Kier molecular flexibility index (Phi) is 5.37. The molecule has 0 spiro atoms. The number of para-hydroxylation sites is 1. The Hall–Kier alpha value is -2.38. The van der Waals surface area contributed by atoms with E-state index in [0.717, 1.165) is 27.3 Å². The van der Waals surface area contributed by atoms with E-state index in [1.54, 1.807) is 0 Å². The standard InChI is InChI=1S/C21H22N4OS2/c1-13-8-9-17(10-14(13)2)22-20-23-24-21(28-20)27-12-19(26)25-15(3)11-16-6-4-5-7-18(16)25/h4-10,15H,11-12H2,1-3H3,(H,22,23). The van der Waals surface area contributed by atoms with Crippen LogP contribution in [0.15, 0.2) is 46.8 Å². The van der Waals surface area contributed by atoms with E-state index in [1.165, 1.54) is 39.8 Å². The summed E-state index contributed by atoms with van der Waals surface area (Å²) in [5, 5.41) is 12.4. The van der Waals surface area contributed by atoms with E-state index in [-0.39, 0.29) is 11.9 Å². The minimum absolute atomic E-state index is 0.112. The van der Waals surface area contributed by atoms with Crippen molar-refractivity contribution >= 4 is 45.5 Å². The molecule has 0 saturated carbocycles. The Morgan fingerprint density at radius 1 is 1.21 bits per heavy atom. The van der Waals surface area contributed by atoms with Gasteiger partial charge in [0, 0.05) is 17.4 Å². The van der Waals surface area contributed by atoms with Gasteiger partial charge in [-0.3, -0.25) is 4.79 Å². The number of thioether (sulfide) groups is 1. The van der Waals surface area contributed by atoms with E-state index < -0.39 is 0 Å². The van der Waals surface area contributed by atoms with E-state index in [9.17, 15) is 4.79 Å². The minimum atomic E-state index is 0.112. The minimum Gasteiger partial charge on any atom is -0.330 e. The Morgan fingerprint density at radius 3 is 2.86 bits per heavy atom. The number of rotatable bonds is 5. The van der Waals surface area contributed by atoms with Crippen molar-refractivity contribution in [1.29, 1.82) is 0 Å². The quantitative estimate of drug-likeness (QED) is 0.602. The van der Waals surface area contributed by atoms with Crippen molar-refractivity contribution in [1.82, 2.24) is 10.2 Å². The van der Waals surface area contributed by atoms with Crippen molar-refractivity contribution in [2.45, 2.75) is 37.6 Å². The van der Waals surface area contributed by atoms with Crippen LogP contribution in [-0.2, 0) is 11.2 Å². The Balaban J connectivity index is 1.38. The number of aryl methyl sites for hydroxylation is 2. The molecule has 1 atom stereocenters. The number of carbonyl (C=O) groups excluding carboxylic acids is 1. The van der Waals surface area contributed by atoms with Crippen LogP contribution in [0.25, 0.3) is 0 Å². The molecule has 0 aliphatic carbocycles. The third-order valence-corrected chi connectivity index (χ3v) is 6.92. The molecule has 1 N–H and O–H groups in total. The predicted octanol–water partition coefficient (Wildman–Crippen LogP) is 4.97. The van der Waals surface area contributed by atoms with Gasteiger partial charge in [-0.15, -0.1) is 10.2 Å². The van der Waals surface area contributed by atoms with Gasteiger partial charge in [-0.2, -0.15) is 0 Å². The number of amides is 1. The van der Waals surface area contributed by atoms with Gasteiger partial charge >= 0.3 is 0 Å². The van der Waals surface area contributed by atoms with Crippen molar-refractivity contribution in [2.75, 3.05) is 16.0 Å².